The summed E-state index contributed by atoms with van der Waals surface area (Å²) in [5.74, 6) is -0.874. The number of benzene rings is 1. The Bertz CT molecular complexity index is 657. The van der Waals surface area contributed by atoms with Gasteiger partial charge >= 0.3 is 5.97 Å². The van der Waals surface area contributed by atoms with E-state index in [-0.39, 0.29) is 15.2 Å². The van der Waals surface area contributed by atoms with E-state index in [4.69, 9.17) is 11.6 Å². The molecule has 4 nitrogen and oxygen atoms in total. The van der Waals surface area contributed by atoms with Crippen LogP contribution >= 0.6 is 11.6 Å². The van der Waals surface area contributed by atoms with E-state index in [9.17, 15) is 18.3 Å². The molecular weight excluding hydrogens is 288 g/mol. The topological polar surface area (TPSA) is 71.4 Å². The molecule has 0 bridgehead atoms. The second kappa shape index (κ2) is 3.96. The van der Waals surface area contributed by atoms with E-state index < -0.39 is 21.2 Å². The molecule has 1 aromatic carbocycles. The minimum Gasteiger partial charge on any atom is -0.481 e. The Hall–Kier alpha value is -1.07. The first-order valence-electron chi connectivity index (χ1n) is 6.15. The summed E-state index contributed by atoms with van der Waals surface area (Å²) < 4.78 is 24.2. The fourth-order valence-electron chi connectivity index (χ4n) is 2.34. The average Bonchev–Trinajstić information content (AvgIpc) is 3.19. The third-order valence-corrected chi connectivity index (χ3v) is 6.66. The van der Waals surface area contributed by atoms with Crippen LogP contribution in [0, 0.1) is 0 Å². The quantitative estimate of drug-likeness (QED) is 0.927. The first kappa shape index (κ1) is 12.9. The number of sulfone groups is 1. The van der Waals surface area contributed by atoms with Gasteiger partial charge in [0.25, 0.3) is 0 Å². The molecule has 0 spiro atoms. The van der Waals surface area contributed by atoms with Crippen molar-refractivity contribution in [3.05, 3.63) is 28.8 Å². The molecule has 1 N–H and O–H groups in total. The van der Waals surface area contributed by atoms with E-state index in [1.54, 1.807) is 6.07 Å². The van der Waals surface area contributed by atoms with Crippen LogP contribution in [0.25, 0.3) is 0 Å². The SMILES string of the molecule is O=C(O)C1(c2ccc(S(=O)(=O)C3CC3)c(Cl)c2)CC1. The molecule has 1 aromatic rings. The maximum Gasteiger partial charge on any atom is 0.314 e. The van der Waals surface area contributed by atoms with Crippen LogP contribution in [0.2, 0.25) is 5.02 Å². The standard InChI is InChI=1S/C13H13ClO4S/c14-10-7-8(13(5-6-13)12(15)16)1-4-11(10)19(17,18)9-2-3-9/h1,4,7,9H,2-3,5-6H2,(H,15,16). The largest absolute Gasteiger partial charge is 0.481 e. The number of hydrogen-bond donors (Lipinski definition) is 1. The predicted molar refractivity (Wildman–Crippen MR) is 70.2 cm³/mol. The number of halogens is 1. The summed E-state index contributed by atoms with van der Waals surface area (Å²) >= 11 is 6.05. The Kier molecular flexibility index (Phi) is 2.70. The minimum absolute atomic E-state index is 0.126. The third-order valence-electron chi connectivity index (χ3n) is 3.91. The van der Waals surface area contributed by atoms with Gasteiger partial charge in [-0.05, 0) is 43.4 Å². The fraction of sp³-hybridized carbons (Fsp3) is 0.462. The van der Waals surface area contributed by atoms with Gasteiger partial charge in [0.1, 0.15) is 0 Å². The van der Waals surface area contributed by atoms with Gasteiger partial charge in [0.05, 0.1) is 20.6 Å². The number of rotatable bonds is 4. The van der Waals surface area contributed by atoms with Gasteiger partial charge in [0.15, 0.2) is 9.84 Å². The van der Waals surface area contributed by atoms with Gasteiger partial charge in [0.2, 0.25) is 0 Å². The predicted octanol–water partition coefficient (Wildman–Crippen LogP) is 2.39. The van der Waals surface area contributed by atoms with Crippen molar-refractivity contribution in [1.82, 2.24) is 0 Å². The molecule has 0 aliphatic heterocycles. The average molecular weight is 301 g/mol. The highest BCUT2D eigenvalue weighted by molar-refractivity contribution is 7.92. The normalized spacial score (nSPS) is 21.1. The highest BCUT2D eigenvalue weighted by Crippen LogP contribution is 2.49. The maximum atomic E-state index is 12.1. The fourth-order valence-corrected chi connectivity index (χ4v) is 4.55. The zero-order chi connectivity index (χ0) is 13.8. The van der Waals surface area contributed by atoms with Crippen molar-refractivity contribution >= 4 is 27.4 Å². The lowest BCUT2D eigenvalue weighted by atomic mass is 9.96. The van der Waals surface area contributed by atoms with Crippen LogP contribution < -0.4 is 0 Å². The lowest BCUT2D eigenvalue weighted by Crippen LogP contribution is -2.19. The number of carboxylic acids is 1. The zero-order valence-corrected chi connectivity index (χ0v) is 11.7. The third kappa shape index (κ3) is 1.96. The molecule has 0 heterocycles. The van der Waals surface area contributed by atoms with Gasteiger partial charge in [-0.15, -0.1) is 0 Å². The monoisotopic (exact) mass is 300 g/mol. The molecule has 0 atom stereocenters. The maximum absolute atomic E-state index is 12.1. The molecule has 102 valence electrons. The van der Waals surface area contributed by atoms with Gasteiger partial charge < -0.3 is 5.11 Å². The summed E-state index contributed by atoms with van der Waals surface area (Å²) in [7, 11) is -3.34. The Morgan fingerprint density at radius 1 is 1.32 bits per heavy atom. The van der Waals surface area contributed by atoms with E-state index in [1.807, 2.05) is 0 Å². The van der Waals surface area contributed by atoms with E-state index in [2.05, 4.69) is 0 Å². The molecule has 0 aromatic heterocycles. The van der Waals surface area contributed by atoms with Crippen molar-refractivity contribution < 1.29 is 18.3 Å². The highest BCUT2D eigenvalue weighted by Gasteiger charge is 2.52. The lowest BCUT2D eigenvalue weighted by molar-refractivity contribution is -0.140. The molecule has 0 radical (unpaired) electrons. The highest BCUT2D eigenvalue weighted by atomic mass is 35.5. The summed E-state index contributed by atoms with van der Waals surface area (Å²) in [6, 6.07) is 4.54. The van der Waals surface area contributed by atoms with E-state index in [0.717, 1.165) is 0 Å². The van der Waals surface area contributed by atoms with Crippen LogP contribution in [0.1, 0.15) is 31.2 Å². The smallest absolute Gasteiger partial charge is 0.314 e. The van der Waals surface area contributed by atoms with Crippen molar-refractivity contribution in [3.8, 4) is 0 Å². The molecule has 6 heteroatoms. The van der Waals surface area contributed by atoms with Gasteiger partial charge in [-0.1, -0.05) is 17.7 Å². The molecule has 19 heavy (non-hydrogen) atoms. The summed E-state index contributed by atoms with van der Waals surface area (Å²) in [6.45, 7) is 0. The Labute approximate surface area is 116 Å². The van der Waals surface area contributed by atoms with Crippen LogP contribution in [0.3, 0.4) is 0 Å². The van der Waals surface area contributed by atoms with Crippen LogP contribution in [-0.2, 0) is 20.0 Å². The van der Waals surface area contributed by atoms with Gasteiger partial charge in [-0.2, -0.15) is 0 Å². The first-order valence-corrected chi connectivity index (χ1v) is 8.08. The van der Waals surface area contributed by atoms with Crippen LogP contribution in [0.4, 0.5) is 0 Å². The first-order chi connectivity index (χ1) is 8.88. The van der Waals surface area contributed by atoms with E-state index in [1.165, 1.54) is 12.1 Å². The number of carbonyl (C=O) groups is 1. The van der Waals surface area contributed by atoms with Gasteiger partial charge in [-0.25, -0.2) is 8.42 Å². The molecule has 0 saturated heterocycles. The van der Waals surface area contributed by atoms with Gasteiger partial charge in [0, 0.05) is 0 Å². The molecule has 2 saturated carbocycles. The van der Waals surface area contributed by atoms with E-state index in [0.29, 0.717) is 31.2 Å². The van der Waals surface area contributed by atoms with Crippen molar-refractivity contribution in [2.75, 3.05) is 0 Å². The number of aliphatic carboxylic acids is 1. The molecule has 2 fully saturated rings. The Morgan fingerprint density at radius 3 is 2.37 bits per heavy atom. The lowest BCUT2D eigenvalue weighted by Gasteiger charge is -2.12. The van der Waals surface area contributed by atoms with Crippen molar-refractivity contribution in [3.63, 3.8) is 0 Å². The summed E-state index contributed by atoms with van der Waals surface area (Å²) in [5.41, 5.74) is -0.259. The molecular formula is C13H13ClO4S. The van der Waals surface area contributed by atoms with Crippen molar-refractivity contribution in [1.29, 1.82) is 0 Å². The number of hydrogen-bond acceptors (Lipinski definition) is 3. The summed E-state index contributed by atoms with van der Waals surface area (Å²) in [5, 5.41) is 9.04. The second-order valence-electron chi connectivity index (χ2n) is 5.28. The van der Waals surface area contributed by atoms with Crippen LogP contribution in [0.5, 0.6) is 0 Å². The summed E-state index contributed by atoms with van der Waals surface area (Å²) in [6.07, 6.45) is 2.51. The Balaban J connectivity index is 2.02. The number of carboxylic acid groups (broad SMARTS) is 1. The molecule has 0 amide bonds. The van der Waals surface area contributed by atoms with Gasteiger partial charge in [-0.3, -0.25) is 4.79 Å². The Morgan fingerprint density at radius 2 is 1.95 bits per heavy atom. The minimum atomic E-state index is -3.34. The zero-order valence-electron chi connectivity index (χ0n) is 10.1. The second-order valence-corrected chi connectivity index (χ2v) is 7.88. The van der Waals surface area contributed by atoms with E-state index >= 15 is 0 Å². The van der Waals surface area contributed by atoms with Crippen LogP contribution in [-0.4, -0.2) is 24.7 Å². The molecule has 0 unspecified atom stereocenters. The van der Waals surface area contributed by atoms with Crippen molar-refractivity contribution in [2.24, 2.45) is 0 Å². The van der Waals surface area contributed by atoms with Crippen molar-refractivity contribution in [2.45, 2.75) is 41.2 Å². The summed E-state index contributed by atoms with van der Waals surface area (Å²) in [4.78, 5) is 11.4. The molecule has 3 rings (SSSR count). The molecule has 2 aliphatic carbocycles. The molecule has 2 aliphatic rings. The van der Waals surface area contributed by atoms with Crippen LogP contribution in [0.15, 0.2) is 23.1 Å².